The lowest BCUT2D eigenvalue weighted by atomic mass is 10.0. The van der Waals surface area contributed by atoms with E-state index in [-0.39, 0.29) is 292 Å². The van der Waals surface area contributed by atoms with Gasteiger partial charge in [-0.15, -0.1) is 10.1 Å². The topological polar surface area (TPSA) is 519 Å². The lowest BCUT2D eigenvalue weighted by Crippen LogP contribution is -2.59. The van der Waals surface area contributed by atoms with Crippen molar-refractivity contribution < 1.29 is 181 Å². The fourth-order valence-corrected chi connectivity index (χ4v) is 9.63. The Kier molecular flexibility index (Phi) is 74.9. The van der Waals surface area contributed by atoms with Crippen molar-refractivity contribution in [2.45, 2.75) is 89.0 Å². The molecule has 2 heterocycles. The molecule has 0 atom stereocenters. The van der Waals surface area contributed by atoms with Crippen LogP contribution in [0.3, 0.4) is 0 Å². The van der Waals surface area contributed by atoms with Gasteiger partial charge in [-0.1, -0.05) is 0 Å². The summed E-state index contributed by atoms with van der Waals surface area (Å²) in [5, 5.41) is 14.7. The van der Waals surface area contributed by atoms with Gasteiger partial charge in [-0.25, -0.2) is 9.59 Å². The quantitative estimate of drug-likeness (QED) is 0.0228. The van der Waals surface area contributed by atoms with E-state index >= 15 is 0 Å². The summed E-state index contributed by atoms with van der Waals surface area (Å²) in [5.41, 5.74) is -1.34. The van der Waals surface area contributed by atoms with Gasteiger partial charge in [0.1, 0.15) is 18.1 Å². The van der Waals surface area contributed by atoms with Crippen LogP contribution in [-0.2, 0) is 181 Å². The van der Waals surface area contributed by atoms with E-state index in [1.54, 1.807) is 0 Å². The van der Waals surface area contributed by atoms with Gasteiger partial charge in [0.25, 0.3) is 23.6 Å². The number of rotatable bonds is 93. The molecule has 2 aliphatic heterocycles. The molecule has 9 amide bonds. The molecule has 2 rings (SSSR count). The summed E-state index contributed by atoms with van der Waals surface area (Å²) in [5.74, 6) is -5.31. The summed E-state index contributed by atoms with van der Waals surface area (Å²) in [7, 11) is 0. The first-order chi connectivity index (χ1) is 59.7. The van der Waals surface area contributed by atoms with Crippen molar-refractivity contribution in [1.82, 2.24) is 36.7 Å². The van der Waals surface area contributed by atoms with Crippen LogP contribution in [0.4, 0.5) is 0 Å². The van der Waals surface area contributed by atoms with Crippen LogP contribution < -0.4 is 26.6 Å². The number of carbonyl (C=O) groups excluding carboxylic acids is 13. The number of hydrogen-bond donors (Lipinski definition) is 5. The van der Waals surface area contributed by atoms with Gasteiger partial charge >= 0.3 is 11.9 Å². The third-order valence-electron chi connectivity index (χ3n) is 15.8. The van der Waals surface area contributed by atoms with Crippen LogP contribution in [0.1, 0.15) is 83.5 Å². The van der Waals surface area contributed by atoms with Crippen LogP contribution in [0, 0.1) is 0 Å². The van der Waals surface area contributed by atoms with Crippen LogP contribution in [0.25, 0.3) is 0 Å². The Morgan fingerprint density at radius 3 is 0.730 bits per heavy atom. The van der Waals surface area contributed by atoms with Gasteiger partial charge in [0.2, 0.25) is 29.5 Å². The van der Waals surface area contributed by atoms with Gasteiger partial charge in [-0.05, 0) is 0 Å². The normalized spacial score (nSPS) is 12.9. The van der Waals surface area contributed by atoms with Gasteiger partial charge in [0, 0.05) is 96.8 Å². The average Bonchev–Trinajstić information content (AvgIpc) is 1.08. The number of aldehydes is 2. The van der Waals surface area contributed by atoms with Gasteiger partial charge in [-0.3, -0.25) is 43.2 Å². The van der Waals surface area contributed by atoms with Crippen molar-refractivity contribution in [2.75, 3.05) is 330 Å². The molecule has 122 heavy (non-hydrogen) atoms. The molecule has 2 fully saturated rings. The SMILES string of the molecule is O=CCCOCC(COCCC(=O)NCCOCCOCCOCCOCCC(=O)ON1C(=O)CCC1=O)(COCCC(=O)NCCOCCOCCOCCOCCC(=O)ON1C(=O)CCC1=O)NC(=O)CCOCCOCCOCCOCCOCCOCCOCCOCCOCCOCCOCCOCCNC(=O)CCNC(=O)CCC=O. The first-order valence-corrected chi connectivity index (χ1v) is 41.3. The van der Waals surface area contributed by atoms with Crippen LogP contribution in [0.2, 0.25) is 0 Å². The molecule has 45 heteroatoms. The second kappa shape index (κ2) is 82.3. The minimum absolute atomic E-state index is 0.00780. The summed E-state index contributed by atoms with van der Waals surface area (Å²) in [6.45, 7) is 12.4. The summed E-state index contributed by atoms with van der Waals surface area (Å²) in [4.78, 5) is 163. The van der Waals surface area contributed by atoms with Gasteiger partial charge in [0.05, 0.1) is 317 Å². The number of imide groups is 2. The van der Waals surface area contributed by atoms with Crippen molar-refractivity contribution in [3.05, 3.63) is 0 Å². The average molecular weight is 1760 g/mol. The summed E-state index contributed by atoms with van der Waals surface area (Å²) >= 11 is 0. The first kappa shape index (κ1) is 111. The zero-order valence-electron chi connectivity index (χ0n) is 70.6. The summed E-state index contributed by atoms with van der Waals surface area (Å²) in [6.07, 6.45) is 1.41. The maximum absolute atomic E-state index is 13.6. The highest BCUT2D eigenvalue weighted by Gasteiger charge is 2.36. The van der Waals surface area contributed by atoms with Crippen LogP contribution >= 0.6 is 0 Å². The Morgan fingerprint density at radius 2 is 0.451 bits per heavy atom. The lowest BCUT2D eigenvalue weighted by Gasteiger charge is -2.34. The molecule has 0 aromatic heterocycles. The van der Waals surface area contributed by atoms with Crippen molar-refractivity contribution in [3.63, 3.8) is 0 Å². The van der Waals surface area contributed by atoms with Crippen molar-refractivity contribution in [3.8, 4) is 0 Å². The Hall–Kier alpha value is -7.01. The molecule has 0 aromatic rings. The number of nitrogens with zero attached hydrogens (tertiary/aromatic N) is 2. The molecule has 704 valence electrons. The number of nitrogens with one attached hydrogen (secondary N) is 5. The fraction of sp³-hybridized carbons (Fsp3) is 0.831. The highest BCUT2D eigenvalue weighted by atomic mass is 16.7. The van der Waals surface area contributed by atoms with Crippen LogP contribution in [0.15, 0.2) is 0 Å². The fourth-order valence-electron chi connectivity index (χ4n) is 9.63. The number of ether oxygens (including phenoxy) is 23. The Morgan fingerprint density at radius 1 is 0.238 bits per heavy atom. The third kappa shape index (κ3) is 69.3. The largest absolute Gasteiger partial charge is 0.379 e. The zero-order valence-corrected chi connectivity index (χ0v) is 70.6. The van der Waals surface area contributed by atoms with Crippen LogP contribution in [-0.4, -0.2) is 423 Å². The Balaban J connectivity index is 1.55. The number of carbonyl (C=O) groups is 13. The predicted octanol–water partition coefficient (Wildman–Crippen LogP) is -3.19. The molecular weight excluding hydrogens is 1630 g/mol. The molecule has 0 bridgehead atoms. The maximum atomic E-state index is 13.6. The highest BCUT2D eigenvalue weighted by molar-refractivity contribution is 6.02. The van der Waals surface area contributed by atoms with Gasteiger partial charge < -0.3 is 155 Å². The molecule has 0 unspecified atom stereocenters. The zero-order chi connectivity index (χ0) is 88.2. The van der Waals surface area contributed by atoms with E-state index in [1.165, 1.54) is 0 Å². The molecule has 0 aliphatic carbocycles. The second-order valence-corrected chi connectivity index (χ2v) is 25.9. The lowest BCUT2D eigenvalue weighted by molar-refractivity contribution is -0.198. The number of amides is 9. The van der Waals surface area contributed by atoms with Crippen LogP contribution in [0.5, 0.6) is 0 Å². The second-order valence-electron chi connectivity index (χ2n) is 25.9. The Labute approximate surface area is 712 Å². The predicted molar refractivity (Wildman–Crippen MR) is 420 cm³/mol. The van der Waals surface area contributed by atoms with E-state index in [0.717, 1.165) is 0 Å². The highest BCUT2D eigenvalue weighted by Crippen LogP contribution is 2.15. The maximum Gasteiger partial charge on any atom is 0.335 e. The molecular formula is C77H133N7O38. The first-order valence-electron chi connectivity index (χ1n) is 41.3. The molecule has 0 spiro atoms. The van der Waals surface area contributed by atoms with Gasteiger partial charge in [-0.2, -0.15) is 0 Å². The number of hydrogen-bond acceptors (Lipinski definition) is 38. The molecule has 0 aromatic carbocycles. The molecule has 2 saturated heterocycles. The Bertz CT molecular complexity index is 2610. The molecule has 0 saturated carbocycles. The van der Waals surface area contributed by atoms with Crippen molar-refractivity contribution in [1.29, 1.82) is 0 Å². The van der Waals surface area contributed by atoms with Crippen molar-refractivity contribution in [2.24, 2.45) is 0 Å². The third-order valence-corrected chi connectivity index (χ3v) is 15.8. The molecule has 45 nitrogen and oxygen atoms in total. The molecule has 0 radical (unpaired) electrons. The van der Waals surface area contributed by atoms with E-state index < -0.39 is 47.0 Å². The van der Waals surface area contributed by atoms with E-state index in [9.17, 15) is 62.3 Å². The summed E-state index contributed by atoms with van der Waals surface area (Å²) in [6, 6.07) is 0. The smallest absolute Gasteiger partial charge is 0.335 e. The van der Waals surface area contributed by atoms with E-state index in [2.05, 4.69) is 26.6 Å². The van der Waals surface area contributed by atoms with E-state index in [1.807, 2.05) is 0 Å². The minimum atomic E-state index is -1.34. The van der Waals surface area contributed by atoms with Crippen molar-refractivity contribution >= 4 is 77.7 Å². The van der Waals surface area contributed by atoms with E-state index in [4.69, 9.17) is 119 Å². The minimum Gasteiger partial charge on any atom is -0.379 e. The van der Waals surface area contributed by atoms with Gasteiger partial charge in [0.15, 0.2) is 0 Å². The summed E-state index contributed by atoms with van der Waals surface area (Å²) < 4.78 is 128. The van der Waals surface area contributed by atoms with E-state index in [0.29, 0.717) is 168 Å². The standard InChI is InChI=1S/C77H133N7O38/c85-18-1-3-66(87)78-14-8-67(88)79-15-26-101-32-38-109-46-48-111-50-52-113-54-56-115-58-60-117-62-61-116-59-57-114-55-53-112-51-49-110-47-43-104-35-29-98-21-11-70(91)82-77(63-118-20-2-19-86,64-119-22-9-68(89)80-16-27-102-33-39-107-44-41-105-36-30-99-24-12-75(96)121-83-71(92)4-5-72(83)93)65-120-23-10-69(90)81-17-28-103-34-40-108-45-42-106-37-31-100-25-13-76(97)122-84-73(94)6-7-74(84)95/h18-19H,1-17,20-65H2,(H,78,87)(H,79,88)(H,80,89)(H,81,90)(H,82,91). The molecule has 5 N–H and O–H groups in total. The molecule has 2 aliphatic rings. The number of hydroxylamine groups is 4. The monoisotopic (exact) mass is 1760 g/mol.